The van der Waals surface area contributed by atoms with Crippen LogP contribution in [-0.2, 0) is 0 Å². The highest BCUT2D eigenvalue weighted by molar-refractivity contribution is 5.85. The summed E-state index contributed by atoms with van der Waals surface area (Å²) in [4.78, 5) is 2.01. The van der Waals surface area contributed by atoms with E-state index in [0.29, 0.717) is 6.01 Å². The lowest BCUT2D eigenvalue weighted by atomic mass is 10.4. The summed E-state index contributed by atoms with van der Waals surface area (Å²) in [5, 5.41) is 10.6. The van der Waals surface area contributed by atoms with Crippen molar-refractivity contribution in [3.8, 4) is 0 Å². The second kappa shape index (κ2) is 5.90. The molecule has 2 rings (SSSR count). The topological polar surface area (TPSA) is 80.2 Å². The number of hydrogen-bond acceptors (Lipinski definition) is 6. The molecule has 1 fully saturated rings. The minimum Gasteiger partial charge on any atom is -0.390 e. The van der Waals surface area contributed by atoms with Gasteiger partial charge in [-0.05, 0) is 0 Å². The Morgan fingerprint density at radius 3 is 2.36 bits per heavy atom. The summed E-state index contributed by atoms with van der Waals surface area (Å²) >= 11 is 0. The Labute approximate surface area is 94.0 Å². The number of nitrogens with one attached hydrogen (secondary N) is 1. The Hall–Kier alpha value is -0.720. The van der Waals surface area contributed by atoms with E-state index in [9.17, 15) is 0 Å². The van der Waals surface area contributed by atoms with Gasteiger partial charge in [-0.2, -0.15) is 0 Å². The zero-order chi connectivity index (χ0) is 8.39. The quantitative estimate of drug-likeness (QED) is 0.716. The number of hydrogen-bond donors (Lipinski definition) is 2. The lowest BCUT2D eigenvalue weighted by Crippen LogP contribution is -2.43. The van der Waals surface area contributed by atoms with Gasteiger partial charge in [0.1, 0.15) is 0 Å². The summed E-state index contributed by atoms with van der Waals surface area (Å²) < 4.78 is 5.08. The lowest BCUT2D eigenvalue weighted by molar-refractivity contribution is 0.507. The van der Waals surface area contributed by atoms with Crippen LogP contribution in [0.25, 0.3) is 0 Å². The van der Waals surface area contributed by atoms with Crippen LogP contribution in [0.4, 0.5) is 12.0 Å². The van der Waals surface area contributed by atoms with E-state index in [1.165, 1.54) is 0 Å². The zero-order valence-electron chi connectivity index (χ0n) is 7.47. The number of anilines is 2. The van der Waals surface area contributed by atoms with Gasteiger partial charge in [-0.1, -0.05) is 10.2 Å². The van der Waals surface area contributed by atoms with Gasteiger partial charge in [-0.25, -0.2) is 0 Å². The third-order valence-electron chi connectivity index (χ3n) is 1.82. The first-order chi connectivity index (χ1) is 5.86. The van der Waals surface area contributed by atoms with Crippen LogP contribution in [0.15, 0.2) is 4.42 Å². The molecule has 0 spiro atoms. The molecule has 1 aromatic rings. The molecular weight excluding hydrogens is 229 g/mol. The van der Waals surface area contributed by atoms with Gasteiger partial charge in [-0.15, -0.1) is 24.8 Å². The molecule has 8 heteroatoms. The van der Waals surface area contributed by atoms with E-state index in [-0.39, 0.29) is 30.8 Å². The largest absolute Gasteiger partial charge is 0.390 e. The number of nitrogens with two attached hydrogens (primary N) is 1. The van der Waals surface area contributed by atoms with Gasteiger partial charge in [0, 0.05) is 26.2 Å². The maximum absolute atomic E-state index is 5.30. The Morgan fingerprint density at radius 1 is 1.21 bits per heavy atom. The summed E-state index contributed by atoms with van der Waals surface area (Å²) in [6.07, 6.45) is 0. The maximum Gasteiger partial charge on any atom is 0.319 e. The SMILES string of the molecule is Cl.Cl.Nc1nnc(N2CCNCC2)o1. The van der Waals surface area contributed by atoms with Crippen LogP contribution in [0.3, 0.4) is 0 Å². The smallest absolute Gasteiger partial charge is 0.319 e. The van der Waals surface area contributed by atoms with E-state index < -0.39 is 0 Å². The predicted octanol–water partition coefficient (Wildman–Crippen LogP) is -0.0950. The fourth-order valence-corrected chi connectivity index (χ4v) is 1.21. The average molecular weight is 242 g/mol. The molecule has 0 saturated carbocycles. The van der Waals surface area contributed by atoms with E-state index >= 15 is 0 Å². The van der Waals surface area contributed by atoms with Gasteiger partial charge < -0.3 is 20.4 Å². The third kappa shape index (κ3) is 2.90. The molecular formula is C6H13Cl2N5O. The van der Waals surface area contributed by atoms with Crippen molar-refractivity contribution in [2.75, 3.05) is 36.8 Å². The van der Waals surface area contributed by atoms with Crippen LogP contribution in [0.2, 0.25) is 0 Å². The van der Waals surface area contributed by atoms with E-state index in [1.807, 2.05) is 4.90 Å². The van der Waals surface area contributed by atoms with E-state index in [2.05, 4.69) is 15.5 Å². The Balaban J connectivity index is 0.000000845. The molecule has 6 nitrogen and oxygen atoms in total. The maximum atomic E-state index is 5.30. The molecule has 2 heterocycles. The highest BCUT2D eigenvalue weighted by Crippen LogP contribution is 2.12. The average Bonchev–Trinajstić information content (AvgIpc) is 2.54. The molecule has 1 aromatic heterocycles. The summed E-state index contributed by atoms with van der Waals surface area (Å²) in [5.74, 6) is 0. The lowest BCUT2D eigenvalue weighted by Gasteiger charge is -2.24. The van der Waals surface area contributed by atoms with Gasteiger partial charge in [0.15, 0.2) is 0 Å². The van der Waals surface area contributed by atoms with Gasteiger partial charge >= 0.3 is 12.0 Å². The number of nitrogens with zero attached hydrogens (tertiary/aromatic N) is 3. The molecule has 1 aliphatic heterocycles. The summed E-state index contributed by atoms with van der Waals surface area (Å²) in [6, 6.07) is 0.650. The monoisotopic (exact) mass is 241 g/mol. The molecule has 0 bridgehead atoms. The van der Waals surface area contributed by atoms with Crippen LogP contribution in [0.5, 0.6) is 0 Å². The van der Waals surface area contributed by atoms with Crippen molar-refractivity contribution in [1.29, 1.82) is 0 Å². The molecule has 1 saturated heterocycles. The summed E-state index contributed by atoms with van der Waals surface area (Å²) in [5.41, 5.74) is 5.30. The number of rotatable bonds is 1. The predicted molar refractivity (Wildman–Crippen MR) is 58.3 cm³/mol. The van der Waals surface area contributed by atoms with Crippen LogP contribution in [0, 0.1) is 0 Å². The summed E-state index contributed by atoms with van der Waals surface area (Å²) in [7, 11) is 0. The Bertz CT molecular complexity index is 262. The first-order valence-corrected chi connectivity index (χ1v) is 3.91. The number of piperazine rings is 1. The van der Waals surface area contributed by atoms with Crippen molar-refractivity contribution in [3.63, 3.8) is 0 Å². The van der Waals surface area contributed by atoms with Gasteiger partial charge in [0.05, 0.1) is 0 Å². The van der Waals surface area contributed by atoms with Crippen molar-refractivity contribution < 1.29 is 4.42 Å². The van der Waals surface area contributed by atoms with Crippen molar-refractivity contribution in [3.05, 3.63) is 0 Å². The number of nitrogen functional groups attached to an aromatic ring is 1. The molecule has 0 radical (unpaired) electrons. The summed E-state index contributed by atoms with van der Waals surface area (Å²) in [6.45, 7) is 3.67. The third-order valence-corrected chi connectivity index (χ3v) is 1.82. The molecule has 0 unspecified atom stereocenters. The zero-order valence-corrected chi connectivity index (χ0v) is 9.11. The molecule has 0 aliphatic carbocycles. The van der Waals surface area contributed by atoms with Crippen LogP contribution >= 0.6 is 24.8 Å². The van der Waals surface area contributed by atoms with Crippen LogP contribution in [-0.4, -0.2) is 36.4 Å². The molecule has 0 atom stereocenters. The van der Waals surface area contributed by atoms with Crippen molar-refractivity contribution in [2.45, 2.75) is 0 Å². The molecule has 14 heavy (non-hydrogen) atoms. The van der Waals surface area contributed by atoms with E-state index in [0.717, 1.165) is 26.2 Å². The molecule has 0 amide bonds. The highest BCUT2D eigenvalue weighted by Gasteiger charge is 2.15. The first-order valence-electron chi connectivity index (χ1n) is 3.91. The Morgan fingerprint density at radius 2 is 1.86 bits per heavy atom. The molecule has 3 N–H and O–H groups in total. The molecule has 82 valence electrons. The van der Waals surface area contributed by atoms with Gasteiger partial charge in [-0.3, -0.25) is 0 Å². The number of halogens is 2. The standard InChI is InChI=1S/C6H11N5O.2ClH/c7-5-9-10-6(12-5)11-3-1-8-2-4-11;;/h8H,1-4H2,(H2,7,9);2*1H. The Kier molecular flexibility index (Phi) is 5.59. The van der Waals surface area contributed by atoms with Gasteiger partial charge in [0.2, 0.25) is 0 Å². The van der Waals surface area contributed by atoms with Crippen molar-refractivity contribution in [2.24, 2.45) is 0 Å². The minimum atomic E-state index is 0. The van der Waals surface area contributed by atoms with Crippen LogP contribution in [0.1, 0.15) is 0 Å². The minimum absolute atomic E-state index is 0. The fourth-order valence-electron chi connectivity index (χ4n) is 1.21. The molecule has 0 aromatic carbocycles. The second-order valence-corrected chi connectivity index (χ2v) is 2.66. The van der Waals surface area contributed by atoms with Crippen molar-refractivity contribution in [1.82, 2.24) is 15.5 Å². The first kappa shape index (κ1) is 13.3. The van der Waals surface area contributed by atoms with Crippen LogP contribution < -0.4 is 16.0 Å². The van der Waals surface area contributed by atoms with E-state index in [1.54, 1.807) is 0 Å². The second-order valence-electron chi connectivity index (χ2n) is 2.66. The van der Waals surface area contributed by atoms with Crippen molar-refractivity contribution >= 4 is 36.8 Å². The van der Waals surface area contributed by atoms with Gasteiger partial charge in [0.25, 0.3) is 0 Å². The van der Waals surface area contributed by atoms with E-state index in [4.69, 9.17) is 10.2 Å². The molecule has 1 aliphatic rings. The fraction of sp³-hybridized carbons (Fsp3) is 0.667. The number of aromatic nitrogens is 2. The highest BCUT2D eigenvalue weighted by atomic mass is 35.5. The normalized spacial score (nSPS) is 15.6.